The quantitative estimate of drug-likeness (QED) is 0.136. The molecule has 1 saturated carbocycles. The Bertz CT molecular complexity index is 1850. The first-order valence-corrected chi connectivity index (χ1v) is 17.0. The van der Waals surface area contributed by atoms with Gasteiger partial charge in [0.2, 0.25) is 0 Å². The number of dihydropyridines is 1. The summed E-state index contributed by atoms with van der Waals surface area (Å²) in [6.45, 7) is 3.10. The lowest BCUT2D eigenvalue weighted by atomic mass is 9.65. The largest absolute Gasteiger partial charge is 0.508 e. The number of allylic oxidation sites excluding steroid dienone is 2. The van der Waals surface area contributed by atoms with E-state index in [2.05, 4.69) is 24.4 Å². The highest BCUT2D eigenvalue weighted by Gasteiger charge is 2.50. The van der Waals surface area contributed by atoms with Crippen LogP contribution in [0.1, 0.15) is 80.2 Å². The van der Waals surface area contributed by atoms with Gasteiger partial charge in [0.05, 0.1) is 19.2 Å². The third-order valence-corrected chi connectivity index (χ3v) is 10.8. The molecule has 0 radical (unpaired) electrons. The zero-order valence-corrected chi connectivity index (χ0v) is 28.1. The molecular weight excluding hydrogens is 624 g/mol. The highest BCUT2D eigenvalue weighted by molar-refractivity contribution is 5.84. The molecule has 49 heavy (non-hydrogen) atoms. The third kappa shape index (κ3) is 5.87. The average Bonchev–Trinajstić information content (AvgIpc) is 3.65. The van der Waals surface area contributed by atoms with Gasteiger partial charge in [-0.15, -0.1) is 0 Å². The number of aliphatic hydroxyl groups excluding tert-OH is 1. The molecule has 3 aromatic carbocycles. The number of benzene rings is 3. The van der Waals surface area contributed by atoms with E-state index in [1.54, 1.807) is 18.2 Å². The Kier molecular flexibility index (Phi) is 8.71. The van der Waals surface area contributed by atoms with Gasteiger partial charge in [0.1, 0.15) is 30.0 Å². The fraction of sp³-hybridized carbons (Fsp3) is 0.410. The zero-order valence-electron chi connectivity index (χ0n) is 28.1. The number of carbonyl (C=O) groups excluding carboxylic acids is 1. The Hall–Kier alpha value is -4.67. The SMILES string of the molecule is CCC1=CC(CC2CCC3(Cc4cc(O)cc(OCO)c4-c4ccc5c(c43)OC(c3ccc(O)c(OC)c3)C5COC(C)=O)C2)=CNC1N. The topological polar surface area (TPSA) is 153 Å². The van der Waals surface area contributed by atoms with E-state index in [-0.39, 0.29) is 41.6 Å². The maximum atomic E-state index is 12.1. The van der Waals surface area contributed by atoms with Crippen LogP contribution < -0.4 is 25.3 Å². The van der Waals surface area contributed by atoms with Crippen LogP contribution in [0.2, 0.25) is 0 Å². The van der Waals surface area contributed by atoms with Crippen molar-refractivity contribution in [2.45, 2.75) is 76.0 Å². The lowest BCUT2D eigenvalue weighted by molar-refractivity contribution is -0.141. The number of nitrogens with two attached hydrogens (primary N) is 1. The molecule has 10 nitrogen and oxygen atoms in total. The predicted octanol–water partition coefficient (Wildman–Crippen LogP) is 5.97. The molecule has 2 heterocycles. The second kappa shape index (κ2) is 13.0. The molecule has 1 fully saturated rings. The molecule has 2 aliphatic carbocycles. The van der Waals surface area contributed by atoms with Gasteiger partial charge in [-0.1, -0.05) is 31.2 Å². The van der Waals surface area contributed by atoms with Crippen molar-refractivity contribution >= 4 is 5.97 Å². The number of ether oxygens (including phenoxy) is 4. The van der Waals surface area contributed by atoms with Gasteiger partial charge in [-0.2, -0.15) is 0 Å². The van der Waals surface area contributed by atoms with Crippen LogP contribution in [0.25, 0.3) is 11.1 Å². The van der Waals surface area contributed by atoms with Crippen LogP contribution in [-0.2, 0) is 21.4 Å². The summed E-state index contributed by atoms with van der Waals surface area (Å²) in [6.07, 6.45) is 8.88. The number of phenolic OH excluding ortho intramolecular Hbond substituents is 2. The Balaban J connectivity index is 1.35. The van der Waals surface area contributed by atoms with E-state index in [1.807, 2.05) is 24.4 Å². The first-order valence-electron chi connectivity index (χ1n) is 17.0. The van der Waals surface area contributed by atoms with Crippen LogP contribution in [0, 0.1) is 5.92 Å². The van der Waals surface area contributed by atoms with Gasteiger partial charge < -0.3 is 45.3 Å². The summed E-state index contributed by atoms with van der Waals surface area (Å²) in [7, 11) is 1.50. The normalized spacial score (nSPS) is 24.9. The van der Waals surface area contributed by atoms with Crippen LogP contribution in [0.3, 0.4) is 0 Å². The lowest BCUT2D eigenvalue weighted by Crippen LogP contribution is -2.37. The maximum absolute atomic E-state index is 12.1. The van der Waals surface area contributed by atoms with E-state index >= 15 is 0 Å². The van der Waals surface area contributed by atoms with E-state index in [0.717, 1.165) is 71.2 Å². The zero-order chi connectivity index (χ0) is 34.4. The highest BCUT2D eigenvalue weighted by atomic mass is 16.6. The number of fused-ring (bicyclic) bond motifs is 6. The lowest BCUT2D eigenvalue weighted by Gasteiger charge is -2.39. The molecule has 0 saturated heterocycles. The van der Waals surface area contributed by atoms with Gasteiger partial charge in [-0.25, -0.2) is 0 Å². The van der Waals surface area contributed by atoms with Crippen LogP contribution in [0.5, 0.6) is 28.7 Å². The first-order chi connectivity index (χ1) is 23.6. The molecule has 0 amide bonds. The Labute approximate surface area is 286 Å². The van der Waals surface area contributed by atoms with Crippen molar-refractivity contribution in [1.29, 1.82) is 0 Å². The van der Waals surface area contributed by atoms with Crippen molar-refractivity contribution in [3.63, 3.8) is 0 Å². The van der Waals surface area contributed by atoms with E-state index in [0.29, 0.717) is 23.8 Å². The molecule has 6 N–H and O–H groups in total. The van der Waals surface area contributed by atoms with Crippen molar-refractivity contribution in [2.75, 3.05) is 20.5 Å². The molecule has 3 aromatic rings. The van der Waals surface area contributed by atoms with Gasteiger partial charge in [0.15, 0.2) is 18.3 Å². The summed E-state index contributed by atoms with van der Waals surface area (Å²) in [5, 5.41) is 34.2. The number of hydrogen-bond acceptors (Lipinski definition) is 10. The Morgan fingerprint density at radius 3 is 2.73 bits per heavy atom. The molecule has 0 aromatic heterocycles. The van der Waals surface area contributed by atoms with Gasteiger partial charge >= 0.3 is 5.97 Å². The number of rotatable bonds is 9. The number of aromatic hydroxyl groups is 2. The monoisotopic (exact) mass is 668 g/mol. The summed E-state index contributed by atoms with van der Waals surface area (Å²) < 4.78 is 23.8. The number of hydrogen-bond donors (Lipinski definition) is 5. The second-order valence-corrected chi connectivity index (χ2v) is 13.7. The Morgan fingerprint density at radius 2 is 1.98 bits per heavy atom. The molecule has 5 unspecified atom stereocenters. The minimum absolute atomic E-state index is 0.0223. The molecule has 5 atom stereocenters. The predicted molar refractivity (Wildman–Crippen MR) is 184 cm³/mol. The molecule has 258 valence electrons. The van der Waals surface area contributed by atoms with Crippen molar-refractivity contribution in [2.24, 2.45) is 11.7 Å². The minimum atomic E-state index is -0.533. The smallest absolute Gasteiger partial charge is 0.302 e. The molecule has 2 aliphatic heterocycles. The summed E-state index contributed by atoms with van der Waals surface area (Å²) >= 11 is 0. The molecule has 7 rings (SSSR count). The molecule has 0 bridgehead atoms. The second-order valence-electron chi connectivity index (χ2n) is 13.7. The van der Waals surface area contributed by atoms with Crippen LogP contribution >= 0.6 is 0 Å². The number of nitrogens with one attached hydrogen (secondary N) is 1. The van der Waals surface area contributed by atoms with Crippen molar-refractivity contribution < 1.29 is 39.1 Å². The molecular formula is C39H44N2O8. The van der Waals surface area contributed by atoms with Gasteiger partial charge in [-0.05, 0) is 90.5 Å². The number of methoxy groups -OCH3 is 1. The number of phenols is 2. The fourth-order valence-electron chi connectivity index (χ4n) is 8.66. The molecule has 4 aliphatic rings. The molecule has 10 heteroatoms. The highest BCUT2D eigenvalue weighted by Crippen LogP contribution is 2.62. The molecule has 1 spiro atoms. The van der Waals surface area contributed by atoms with Crippen molar-refractivity contribution in [1.82, 2.24) is 5.32 Å². The van der Waals surface area contributed by atoms with Crippen molar-refractivity contribution in [3.05, 3.63) is 88.1 Å². The van der Waals surface area contributed by atoms with Crippen LogP contribution in [0.4, 0.5) is 0 Å². The number of aliphatic hydroxyl groups is 1. The summed E-state index contributed by atoms with van der Waals surface area (Å²) in [5.41, 5.74) is 13.9. The summed E-state index contributed by atoms with van der Waals surface area (Å²) in [5.74, 6) is 1.30. The van der Waals surface area contributed by atoms with E-state index < -0.39 is 12.9 Å². The van der Waals surface area contributed by atoms with Gasteiger partial charge in [0.25, 0.3) is 0 Å². The number of esters is 1. The third-order valence-electron chi connectivity index (χ3n) is 10.8. The minimum Gasteiger partial charge on any atom is -0.508 e. The standard InChI is InChI=1S/C39H44N2O8/c1-4-24-12-23(18-41-38(24)40)11-22-9-10-39(16-22)17-26-13-27(44)15-33(48-20-42)34(26)29-7-6-28-30(19-47-21(2)43)36(49-37(28)35(29)39)25-5-8-31(45)32(14-25)46-3/h5-8,12-15,18,22,30,36,38,41-42,44-45H,4,9-11,16-17,19-20,40H2,1-3H3. The number of carbonyl (C=O) groups is 1. The summed E-state index contributed by atoms with van der Waals surface area (Å²) in [6, 6.07) is 12.6. The van der Waals surface area contributed by atoms with E-state index in [4.69, 9.17) is 24.7 Å². The van der Waals surface area contributed by atoms with Crippen molar-refractivity contribution in [3.8, 4) is 39.9 Å². The van der Waals surface area contributed by atoms with Crippen LogP contribution in [0.15, 0.2) is 65.9 Å². The Morgan fingerprint density at radius 1 is 1.14 bits per heavy atom. The average molecular weight is 669 g/mol. The summed E-state index contributed by atoms with van der Waals surface area (Å²) in [4.78, 5) is 12.1. The van der Waals surface area contributed by atoms with Gasteiger partial charge in [-0.3, -0.25) is 4.79 Å². The first kappa shape index (κ1) is 32.9. The van der Waals surface area contributed by atoms with Gasteiger partial charge in [0, 0.05) is 41.3 Å². The van der Waals surface area contributed by atoms with Crippen LogP contribution in [-0.4, -0.2) is 48.0 Å². The maximum Gasteiger partial charge on any atom is 0.302 e. The van der Waals surface area contributed by atoms with E-state index in [1.165, 1.54) is 25.2 Å². The fourth-order valence-corrected chi connectivity index (χ4v) is 8.66. The van der Waals surface area contributed by atoms with E-state index in [9.17, 15) is 20.1 Å².